The third-order valence-corrected chi connectivity index (χ3v) is 3.39. The highest BCUT2D eigenvalue weighted by molar-refractivity contribution is 5.79. The van der Waals surface area contributed by atoms with E-state index in [1.54, 1.807) is 14.2 Å². The van der Waals surface area contributed by atoms with Crippen molar-refractivity contribution in [3.63, 3.8) is 0 Å². The zero-order valence-electron chi connectivity index (χ0n) is 12.9. The Balaban J connectivity index is 1.76. The molecule has 2 rings (SSSR count). The zero-order chi connectivity index (χ0) is 14.9. The topological polar surface area (TPSA) is 54.9 Å². The number of guanidine groups is 1. The molecule has 5 heteroatoms. The van der Waals surface area contributed by atoms with E-state index in [4.69, 9.17) is 9.47 Å². The van der Waals surface area contributed by atoms with Crippen LogP contribution in [-0.2, 0) is 11.3 Å². The van der Waals surface area contributed by atoms with E-state index in [1.807, 2.05) is 18.2 Å². The summed E-state index contributed by atoms with van der Waals surface area (Å²) in [6.45, 7) is 2.91. The lowest BCUT2D eigenvalue weighted by Gasteiger charge is -2.12. The van der Waals surface area contributed by atoms with Gasteiger partial charge >= 0.3 is 0 Å². The second kappa shape index (κ2) is 8.52. The van der Waals surface area contributed by atoms with Crippen molar-refractivity contribution < 1.29 is 9.47 Å². The Kier molecular flexibility index (Phi) is 6.34. The maximum absolute atomic E-state index is 5.61. The average molecular weight is 291 g/mol. The summed E-state index contributed by atoms with van der Waals surface area (Å²) in [6.07, 6.45) is 2.68. The van der Waals surface area contributed by atoms with Gasteiger partial charge in [-0.1, -0.05) is 12.1 Å². The van der Waals surface area contributed by atoms with E-state index < -0.39 is 0 Å². The second-order valence-corrected chi connectivity index (χ2v) is 5.24. The fourth-order valence-corrected chi connectivity index (χ4v) is 1.96. The normalized spacial score (nSPS) is 14.9. The molecule has 1 aromatic carbocycles. The first-order valence-electron chi connectivity index (χ1n) is 7.47. The molecule has 1 aliphatic rings. The van der Waals surface area contributed by atoms with Crippen molar-refractivity contribution in [2.75, 3.05) is 33.9 Å². The standard InChI is InChI=1S/C16H25N3O2/c1-17-16(18-11-13-6-7-13)19-12-14-4-3-5-15(10-14)21-9-8-20-2/h3-5,10,13H,6-9,11-12H2,1-2H3,(H2,17,18,19). The molecule has 0 amide bonds. The Bertz CT molecular complexity index is 459. The molecular weight excluding hydrogens is 266 g/mol. The van der Waals surface area contributed by atoms with Crippen LogP contribution in [0, 0.1) is 5.92 Å². The molecule has 0 saturated heterocycles. The first-order chi connectivity index (χ1) is 10.3. The third kappa shape index (κ3) is 6.04. The predicted molar refractivity (Wildman–Crippen MR) is 84.7 cm³/mol. The van der Waals surface area contributed by atoms with Crippen LogP contribution in [0.15, 0.2) is 29.3 Å². The van der Waals surface area contributed by atoms with Crippen LogP contribution in [-0.4, -0.2) is 39.9 Å². The van der Waals surface area contributed by atoms with Crippen LogP contribution in [0.4, 0.5) is 0 Å². The molecule has 1 aromatic rings. The summed E-state index contributed by atoms with van der Waals surface area (Å²) >= 11 is 0. The van der Waals surface area contributed by atoms with Crippen molar-refractivity contribution in [2.24, 2.45) is 10.9 Å². The molecule has 0 unspecified atom stereocenters. The fourth-order valence-electron chi connectivity index (χ4n) is 1.96. The van der Waals surface area contributed by atoms with Gasteiger partial charge in [0.25, 0.3) is 0 Å². The Morgan fingerprint density at radius 2 is 2.14 bits per heavy atom. The summed E-state index contributed by atoms with van der Waals surface area (Å²) in [7, 11) is 3.47. The largest absolute Gasteiger partial charge is 0.491 e. The monoisotopic (exact) mass is 291 g/mol. The summed E-state index contributed by atoms with van der Waals surface area (Å²) in [5.41, 5.74) is 1.17. The number of hydrogen-bond donors (Lipinski definition) is 2. The lowest BCUT2D eigenvalue weighted by Crippen LogP contribution is -2.37. The highest BCUT2D eigenvalue weighted by atomic mass is 16.5. The molecule has 21 heavy (non-hydrogen) atoms. The minimum atomic E-state index is 0.567. The summed E-state index contributed by atoms with van der Waals surface area (Å²) in [6, 6.07) is 8.07. The molecule has 0 aliphatic heterocycles. The Hall–Kier alpha value is -1.75. The van der Waals surface area contributed by atoms with Crippen LogP contribution in [0.25, 0.3) is 0 Å². The van der Waals surface area contributed by atoms with E-state index in [-0.39, 0.29) is 0 Å². The van der Waals surface area contributed by atoms with Gasteiger partial charge in [-0.3, -0.25) is 4.99 Å². The first kappa shape index (κ1) is 15.6. The molecular formula is C16H25N3O2. The number of methoxy groups -OCH3 is 1. The molecule has 1 saturated carbocycles. The van der Waals surface area contributed by atoms with Crippen LogP contribution < -0.4 is 15.4 Å². The number of aliphatic imine (C=N–C) groups is 1. The van der Waals surface area contributed by atoms with Crippen molar-refractivity contribution in [3.05, 3.63) is 29.8 Å². The number of hydrogen-bond acceptors (Lipinski definition) is 3. The van der Waals surface area contributed by atoms with E-state index in [1.165, 1.54) is 18.4 Å². The van der Waals surface area contributed by atoms with Gasteiger partial charge in [-0.2, -0.15) is 0 Å². The van der Waals surface area contributed by atoms with Crippen molar-refractivity contribution in [1.82, 2.24) is 10.6 Å². The molecule has 0 bridgehead atoms. The van der Waals surface area contributed by atoms with E-state index in [9.17, 15) is 0 Å². The SMILES string of the molecule is CN=C(NCc1cccc(OCCOC)c1)NCC1CC1. The molecule has 1 fully saturated rings. The van der Waals surface area contributed by atoms with Crippen molar-refractivity contribution in [2.45, 2.75) is 19.4 Å². The van der Waals surface area contributed by atoms with Crippen LogP contribution in [0.5, 0.6) is 5.75 Å². The molecule has 0 spiro atoms. The Morgan fingerprint density at radius 3 is 2.86 bits per heavy atom. The van der Waals surface area contributed by atoms with Crippen LogP contribution in [0.2, 0.25) is 0 Å². The average Bonchev–Trinajstić information content (AvgIpc) is 3.32. The maximum atomic E-state index is 5.61. The number of nitrogens with one attached hydrogen (secondary N) is 2. The van der Waals surface area contributed by atoms with Crippen LogP contribution in [0.3, 0.4) is 0 Å². The molecule has 0 radical (unpaired) electrons. The molecule has 0 atom stereocenters. The quantitative estimate of drug-likeness (QED) is 0.435. The molecule has 2 N–H and O–H groups in total. The van der Waals surface area contributed by atoms with Gasteiger partial charge in [-0.25, -0.2) is 0 Å². The number of nitrogens with zero attached hydrogens (tertiary/aromatic N) is 1. The minimum absolute atomic E-state index is 0.567. The molecule has 0 aromatic heterocycles. The summed E-state index contributed by atoms with van der Waals surface area (Å²) in [5.74, 6) is 2.56. The minimum Gasteiger partial charge on any atom is -0.491 e. The van der Waals surface area contributed by atoms with Crippen LogP contribution >= 0.6 is 0 Å². The summed E-state index contributed by atoms with van der Waals surface area (Å²) in [5, 5.41) is 6.67. The summed E-state index contributed by atoms with van der Waals surface area (Å²) in [4.78, 5) is 4.23. The van der Waals surface area contributed by atoms with Gasteiger partial charge in [-0.05, 0) is 36.5 Å². The van der Waals surface area contributed by atoms with E-state index >= 15 is 0 Å². The Morgan fingerprint density at radius 1 is 1.29 bits per heavy atom. The molecule has 1 aliphatic carbocycles. The highest BCUT2D eigenvalue weighted by Gasteiger charge is 2.20. The fraction of sp³-hybridized carbons (Fsp3) is 0.562. The predicted octanol–water partition coefficient (Wildman–Crippen LogP) is 1.79. The number of benzene rings is 1. The lowest BCUT2D eigenvalue weighted by atomic mass is 10.2. The molecule has 116 valence electrons. The zero-order valence-corrected chi connectivity index (χ0v) is 12.9. The van der Waals surface area contributed by atoms with E-state index in [2.05, 4.69) is 21.7 Å². The number of rotatable bonds is 8. The second-order valence-electron chi connectivity index (χ2n) is 5.24. The van der Waals surface area contributed by atoms with E-state index in [0.717, 1.165) is 30.7 Å². The van der Waals surface area contributed by atoms with Crippen molar-refractivity contribution in [3.8, 4) is 5.75 Å². The molecule has 0 heterocycles. The van der Waals surface area contributed by atoms with Gasteiger partial charge in [0.05, 0.1) is 6.61 Å². The highest BCUT2D eigenvalue weighted by Crippen LogP contribution is 2.27. The van der Waals surface area contributed by atoms with Gasteiger partial charge in [0.2, 0.25) is 0 Å². The van der Waals surface area contributed by atoms with Gasteiger partial charge in [0, 0.05) is 27.2 Å². The maximum Gasteiger partial charge on any atom is 0.191 e. The van der Waals surface area contributed by atoms with E-state index in [0.29, 0.717) is 13.2 Å². The smallest absolute Gasteiger partial charge is 0.191 e. The summed E-state index contributed by atoms with van der Waals surface area (Å²) < 4.78 is 10.6. The van der Waals surface area contributed by atoms with Gasteiger partial charge in [0.1, 0.15) is 12.4 Å². The van der Waals surface area contributed by atoms with Crippen molar-refractivity contribution in [1.29, 1.82) is 0 Å². The van der Waals surface area contributed by atoms with Gasteiger partial charge in [0.15, 0.2) is 5.96 Å². The third-order valence-electron chi connectivity index (χ3n) is 3.39. The van der Waals surface area contributed by atoms with Crippen LogP contribution in [0.1, 0.15) is 18.4 Å². The number of ether oxygens (including phenoxy) is 2. The van der Waals surface area contributed by atoms with Crippen molar-refractivity contribution >= 4 is 5.96 Å². The lowest BCUT2D eigenvalue weighted by molar-refractivity contribution is 0.146. The van der Waals surface area contributed by atoms with Gasteiger partial charge in [-0.15, -0.1) is 0 Å². The first-order valence-corrected chi connectivity index (χ1v) is 7.47. The van der Waals surface area contributed by atoms with Gasteiger partial charge < -0.3 is 20.1 Å². The molecule has 5 nitrogen and oxygen atoms in total. The Labute approximate surface area is 126 Å².